The summed E-state index contributed by atoms with van der Waals surface area (Å²) in [6.07, 6.45) is 7.54. The smallest absolute Gasteiger partial charge is 0.269 e. The first-order valence-electron chi connectivity index (χ1n) is 11.7. The Morgan fingerprint density at radius 3 is 2.23 bits per heavy atom. The van der Waals surface area contributed by atoms with Gasteiger partial charge in [0.05, 0.1) is 29.6 Å². The first kappa shape index (κ1) is 22.8. The molecule has 2 amide bonds. The van der Waals surface area contributed by atoms with E-state index in [1.54, 1.807) is 30.3 Å². The molecule has 1 saturated carbocycles. The number of hydrazone groups is 1. The molecule has 0 spiro atoms. The van der Waals surface area contributed by atoms with Gasteiger partial charge in [0.15, 0.2) is 11.5 Å². The number of nitrogens with zero attached hydrogens (tertiary/aromatic N) is 3. The van der Waals surface area contributed by atoms with Gasteiger partial charge in [-0.3, -0.25) is 19.7 Å². The molecule has 35 heavy (non-hydrogen) atoms. The molecule has 1 heterocycles. The monoisotopic (exact) mass is 475 g/mol. The molecule has 2 aromatic rings. The third kappa shape index (κ3) is 4.29. The predicted molar refractivity (Wildman–Crippen MR) is 127 cm³/mol. The third-order valence-corrected chi connectivity index (χ3v) is 6.87. The van der Waals surface area contributed by atoms with Crippen molar-refractivity contribution in [1.29, 1.82) is 0 Å². The van der Waals surface area contributed by atoms with Gasteiger partial charge in [0.25, 0.3) is 17.5 Å². The Morgan fingerprint density at radius 1 is 1.00 bits per heavy atom. The minimum absolute atomic E-state index is 0.0190. The van der Waals surface area contributed by atoms with Gasteiger partial charge in [0.2, 0.25) is 0 Å². The van der Waals surface area contributed by atoms with Gasteiger partial charge in [-0.1, -0.05) is 12.2 Å². The van der Waals surface area contributed by atoms with Crippen LogP contribution in [-0.2, 0) is 16.2 Å². The number of carbonyl (C=O) groups excluding carboxylic acids is 2. The van der Waals surface area contributed by atoms with Crippen molar-refractivity contribution in [2.45, 2.75) is 26.4 Å². The first-order chi connectivity index (χ1) is 17.0. The summed E-state index contributed by atoms with van der Waals surface area (Å²) in [5.74, 6) is 0.219. The fourth-order valence-corrected chi connectivity index (χ4v) is 5.16. The summed E-state index contributed by atoms with van der Waals surface area (Å²) in [6, 6.07) is 11.4. The van der Waals surface area contributed by atoms with Crippen LogP contribution in [0.25, 0.3) is 0 Å². The van der Waals surface area contributed by atoms with Crippen LogP contribution in [0.3, 0.4) is 0 Å². The summed E-state index contributed by atoms with van der Waals surface area (Å²) in [6.45, 7) is 2.48. The Kier molecular flexibility index (Phi) is 6.07. The number of hydrogen-bond acceptors (Lipinski definition) is 7. The number of ether oxygens (including phenoxy) is 2. The van der Waals surface area contributed by atoms with Crippen LogP contribution in [0.1, 0.15) is 30.9 Å². The van der Waals surface area contributed by atoms with E-state index < -0.39 is 4.92 Å². The number of nitro groups is 1. The largest absolute Gasteiger partial charge is 0.490 e. The molecule has 180 valence electrons. The molecule has 1 aliphatic heterocycles. The van der Waals surface area contributed by atoms with Gasteiger partial charge >= 0.3 is 0 Å². The van der Waals surface area contributed by atoms with Crippen molar-refractivity contribution >= 4 is 23.7 Å². The molecule has 1 saturated heterocycles. The second-order valence-corrected chi connectivity index (χ2v) is 8.93. The topological polar surface area (TPSA) is 111 Å². The van der Waals surface area contributed by atoms with Crippen molar-refractivity contribution in [3.63, 3.8) is 0 Å². The molecule has 3 aliphatic carbocycles. The van der Waals surface area contributed by atoms with Gasteiger partial charge in [-0.2, -0.15) is 10.1 Å². The number of rotatable bonds is 8. The molecule has 6 rings (SSSR count). The van der Waals surface area contributed by atoms with Crippen LogP contribution in [0.15, 0.2) is 59.7 Å². The molecular weight excluding hydrogens is 450 g/mol. The van der Waals surface area contributed by atoms with E-state index in [0.29, 0.717) is 23.7 Å². The quantitative estimate of drug-likeness (QED) is 0.187. The van der Waals surface area contributed by atoms with E-state index in [4.69, 9.17) is 9.47 Å². The number of non-ortho nitro benzene ring substituents is 1. The molecule has 0 unspecified atom stereocenters. The lowest BCUT2D eigenvalue weighted by molar-refractivity contribution is -0.384. The predicted octanol–water partition coefficient (Wildman–Crippen LogP) is 4.10. The molecular formula is C26H25N3O6. The average molecular weight is 476 g/mol. The van der Waals surface area contributed by atoms with E-state index in [1.807, 2.05) is 6.92 Å². The number of hydrogen-bond donors (Lipinski definition) is 0. The van der Waals surface area contributed by atoms with Crippen LogP contribution in [0.2, 0.25) is 0 Å². The van der Waals surface area contributed by atoms with Crippen LogP contribution in [0, 0.1) is 33.8 Å². The number of fused-ring (bicyclic) bond motifs is 1. The zero-order valence-electron chi connectivity index (χ0n) is 19.2. The summed E-state index contributed by atoms with van der Waals surface area (Å²) >= 11 is 0. The number of benzene rings is 2. The molecule has 9 heteroatoms. The Balaban J connectivity index is 1.29. The number of imide groups is 1. The van der Waals surface area contributed by atoms with Crippen LogP contribution in [-0.4, -0.2) is 34.6 Å². The lowest BCUT2D eigenvalue weighted by Gasteiger charge is -2.37. The second kappa shape index (κ2) is 9.32. The summed E-state index contributed by atoms with van der Waals surface area (Å²) in [4.78, 5) is 36.2. The van der Waals surface area contributed by atoms with Gasteiger partial charge in [-0.25, -0.2) is 0 Å². The summed E-state index contributed by atoms with van der Waals surface area (Å²) in [7, 11) is 0. The highest BCUT2D eigenvalue weighted by Gasteiger charge is 2.56. The minimum atomic E-state index is -0.448. The Hall–Kier alpha value is -4.01. The second-order valence-electron chi connectivity index (χ2n) is 8.93. The molecule has 0 radical (unpaired) electrons. The van der Waals surface area contributed by atoms with Gasteiger partial charge < -0.3 is 9.47 Å². The van der Waals surface area contributed by atoms with Crippen molar-refractivity contribution in [3.8, 4) is 11.5 Å². The van der Waals surface area contributed by atoms with E-state index >= 15 is 0 Å². The van der Waals surface area contributed by atoms with Crippen molar-refractivity contribution in [2.24, 2.45) is 28.8 Å². The molecule has 2 aromatic carbocycles. The van der Waals surface area contributed by atoms with Crippen LogP contribution in [0.4, 0.5) is 5.69 Å². The Morgan fingerprint density at radius 2 is 1.66 bits per heavy atom. The summed E-state index contributed by atoms with van der Waals surface area (Å²) < 4.78 is 11.6. The Bertz CT molecular complexity index is 1190. The van der Waals surface area contributed by atoms with E-state index in [0.717, 1.165) is 23.4 Å². The fraction of sp³-hybridized carbons (Fsp3) is 0.346. The van der Waals surface area contributed by atoms with E-state index in [9.17, 15) is 19.7 Å². The highest BCUT2D eigenvalue weighted by Crippen LogP contribution is 2.49. The highest BCUT2D eigenvalue weighted by molar-refractivity contribution is 6.06. The molecule has 9 nitrogen and oxygen atoms in total. The summed E-state index contributed by atoms with van der Waals surface area (Å²) in [5, 5.41) is 16.1. The number of allylic oxidation sites excluding steroid dienone is 2. The fourth-order valence-electron chi connectivity index (χ4n) is 5.16. The normalized spacial score (nSPS) is 24.8. The summed E-state index contributed by atoms with van der Waals surface area (Å²) in [5.41, 5.74) is 1.46. The van der Waals surface area contributed by atoms with Crippen LogP contribution in [0.5, 0.6) is 11.5 Å². The van der Waals surface area contributed by atoms with E-state index in [-0.39, 0.29) is 47.8 Å². The lowest BCUT2D eigenvalue weighted by Crippen LogP contribution is -2.38. The zero-order valence-corrected chi connectivity index (χ0v) is 19.2. The van der Waals surface area contributed by atoms with Gasteiger partial charge in [0, 0.05) is 12.1 Å². The standard InChI is InChI=1S/C26H25N3O6/c1-2-34-22-13-17(5-12-21(22)35-15-16-3-10-20(11-4-16)29(32)33)14-27-28-25(30)23-18-6-7-19(9-8-18)24(23)26(28)31/h3-7,10-14,18-19,23-24H,2,8-9,15H2,1H3/b27-14-/t18-,19-,23+,24+/m1/s1. The van der Waals surface area contributed by atoms with Gasteiger partial charge in [-0.15, -0.1) is 0 Å². The van der Waals surface area contributed by atoms with Gasteiger partial charge in [0.1, 0.15) is 6.61 Å². The van der Waals surface area contributed by atoms with E-state index in [2.05, 4.69) is 17.3 Å². The minimum Gasteiger partial charge on any atom is -0.490 e. The maximum Gasteiger partial charge on any atom is 0.269 e. The van der Waals surface area contributed by atoms with Crippen molar-refractivity contribution in [3.05, 3.63) is 75.9 Å². The third-order valence-electron chi connectivity index (χ3n) is 6.87. The molecule has 0 N–H and O–H groups in total. The van der Waals surface area contributed by atoms with Crippen molar-refractivity contribution < 1.29 is 24.0 Å². The SMILES string of the molecule is CCOc1cc(/C=N\N2C(=O)[C@@H]3[C@@H](C2=O)[C@@H]2C=C[C@@H]3CC2)ccc1OCc1ccc([N+](=O)[O-])cc1. The maximum atomic E-state index is 12.9. The van der Waals surface area contributed by atoms with Crippen LogP contribution < -0.4 is 9.47 Å². The zero-order chi connectivity index (χ0) is 24.5. The molecule has 2 fully saturated rings. The molecule has 4 atom stereocenters. The molecule has 0 aromatic heterocycles. The van der Waals surface area contributed by atoms with Crippen LogP contribution >= 0.6 is 0 Å². The van der Waals surface area contributed by atoms with Crippen molar-refractivity contribution in [1.82, 2.24) is 5.01 Å². The van der Waals surface area contributed by atoms with E-state index in [1.165, 1.54) is 18.3 Å². The Labute approximate surface area is 202 Å². The van der Waals surface area contributed by atoms with Gasteiger partial charge in [-0.05, 0) is 73.1 Å². The maximum absolute atomic E-state index is 12.9. The number of carbonyl (C=O) groups is 2. The van der Waals surface area contributed by atoms with Crippen molar-refractivity contribution in [2.75, 3.05) is 6.61 Å². The highest BCUT2D eigenvalue weighted by atomic mass is 16.6. The first-order valence-corrected chi connectivity index (χ1v) is 11.7. The number of amides is 2. The lowest BCUT2D eigenvalue weighted by atomic mass is 9.63. The average Bonchev–Trinajstić information content (AvgIpc) is 3.15. The molecule has 4 aliphatic rings. The number of nitro benzene ring substituents is 1. The molecule has 2 bridgehead atoms.